The molecule has 46 heavy (non-hydrogen) atoms. The van der Waals surface area contributed by atoms with Crippen LogP contribution in [0.2, 0.25) is 0 Å². The highest BCUT2D eigenvalue weighted by atomic mass is 16.6. The van der Waals surface area contributed by atoms with Crippen molar-refractivity contribution in [3.8, 4) is 0 Å². The van der Waals surface area contributed by atoms with E-state index < -0.39 is 102 Å². The van der Waals surface area contributed by atoms with Gasteiger partial charge in [0.15, 0.2) is 18.3 Å². The SMILES string of the molecule is CC(C)CC1C(=O)O[C@@H](C(C)C)C(=O)N(C)C(C(C)C)C(=O)O[C@@H](C(C)C)C(=O)N(C)C(C(C)C)C(=O)O[C@@H](C(C)C)C(=O)N1C. The average Bonchev–Trinajstić information content (AvgIpc) is 2.93. The Morgan fingerprint density at radius 2 is 0.739 bits per heavy atom. The molecule has 3 amide bonds. The molecule has 1 saturated heterocycles. The van der Waals surface area contributed by atoms with E-state index in [4.69, 9.17) is 14.2 Å². The number of nitrogens with zero attached hydrogens (tertiary/aromatic N) is 3. The van der Waals surface area contributed by atoms with Crippen molar-refractivity contribution in [3.63, 3.8) is 0 Å². The van der Waals surface area contributed by atoms with Gasteiger partial charge in [-0.25, -0.2) is 14.4 Å². The van der Waals surface area contributed by atoms with Crippen molar-refractivity contribution in [1.82, 2.24) is 14.7 Å². The molecule has 0 N–H and O–H groups in total. The number of esters is 3. The summed E-state index contributed by atoms with van der Waals surface area (Å²) >= 11 is 0. The van der Waals surface area contributed by atoms with Crippen LogP contribution >= 0.6 is 0 Å². The highest BCUT2D eigenvalue weighted by Crippen LogP contribution is 2.25. The van der Waals surface area contributed by atoms with Gasteiger partial charge in [-0.2, -0.15) is 0 Å². The molecule has 0 spiro atoms. The zero-order valence-corrected chi connectivity index (χ0v) is 30.7. The van der Waals surface area contributed by atoms with Crippen molar-refractivity contribution in [2.45, 2.75) is 126 Å². The minimum absolute atomic E-state index is 0.0411. The van der Waals surface area contributed by atoms with Crippen LogP contribution in [0.1, 0.15) is 89.5 Å². The lowest BCUT2D eigenvalue weighted by atomic mass is 9.97. The van der Waals surface area contributed by atoms with Gasteiger partial charge in [0.25, 0.3) is 17.7 Å². The van der Waals surface area contributed by atoms with Crippen molar-refractivity contribution in [2.24, 2.45) is 35.5 Å². The molecule has 3 unspecified atom stereocenters. The Hall–Kier alpha value is -3.18. The van der Waals surface area contributed by atoms with Crippen LogP contribution < -0.4 is 0 Å². The van der Waals surface area contributed by atoms with Crippen molar-refractivity contribution < 1.29 is 43.0 Å². The lowest BCUT2D eigenvalue weighted by molar-refractivity contribution is -0.181. The van der Waals surface area contributed by atoms with Crippen molar-refractivity contribution >= 4 is 35.6 Å². The van der Waals surface area contributed by atoms with E-state index in [1.165, 1.54) is 35.8 Å². The lowest BCUT2D eigenvalue weighted by Crippen LogP contribution is -2.57. The van der Waals surface area contributed by atoms with Crippen LogP contribution in [0.4, 0.5) is 0 Å². The number of cyclic esters (lactones) is 3. The van der Waals surface area contributed by atoms with E-state index in [2.05, 4.69) is 0 Å². The van der Waals surface area contributed by atoms with Gasteiger partial charge in [0, 0.05) is 21.1 Å². The van der Waals surface area contributed by atoms with Crippen LogP contribution in [-0.2, 0) is 43.0 Å². The van der Waals surface area contributed by atoms with Crippen molar-refractivity contribution in [3.05, 3.63) is 0 Å². The fourth-order valence-corrected chi connectivity index (χ4v) is 5.65. The number of rotatable bonds is 7. The third-order valence-electron chi connectivity index (χ3n) is 8.33. The second-order valence-corrected chi connectivity index (χ2v) is 14.7. The van der Waals surface area contributed by atoms with E-state index in [0.29, 0.717) is 0 Å². The van der Waals surface area contributed by atoms with E-state index in [1.54, 1.807) is 69.2 Å². The summed E-state index contributed by atoms with van der Waals surface area (Å²) in [6, 6.07) is -3.31. The van der Waals surface area contributed by atoms with Gasteiger partial charge in [-0.05, 0) is 41.9 Å². The van der Waals surface area contributed by atoms with E-state index in [1.807, 2.05) is 13.8 Å². The monoisotopic (exact) mass is 653 g/mol. The quantitative estimate of drug-likeness (QED) is 0.298. The minimum Gasteiger partial charge on any atom is -0.450 e. The molecule has 12 heteroatoms. The summed E-state index contributed by atoms with van der Waals surface area (Å²) in [6.07, 6.45) is -3.61. The summed E-state index contributed by atoms with van der Waals surface area (Å²) in [5.41, 5.74) is 0. The first-order valence-electron chi connectivity index (χ1n) is 16.5. The zero-order chi connectivity index (χ0) is 36.0. The lowest BCUT2D eigenvalue weighted by Gasteiger charge is -2.38. The van der Waals surface area contributed by atoms with E-state index in [0.717, 1.165) is 0 Å². The Labute approximate surface area is 275 Å². The summed E-state index contributed by atoms with van der Waals surface area (Å²) in [7, 11) is 4.32. The van der Waals surface area contributed by atoms with Gasteiger partial charge in [0.05, 0.1) is 0 Å². The molecule has 12 nitrogen and oxygen atoms in total. The van der Waals surface area contributed by atoms with Gasteiger partial charge in [-0.15, -0.1) is 0 Å². The predicted molar refractivity (Wildman–Crippen MR) is 173 cm³/mol. The molecule has 6 atom stereocenters. The van der Waals surface area contributed by atoms with E-state index in [9.17, 15) is 28.8 Å². The standard InChI is InChI=1S/C34H59N3O9/c1-17(2)16-23-32(41)44-27(21(9)10)30(39)36(14)25(19(5)6)34(43)46-28(22(11)12)31(40)37(15)24(18(3)4)33(42)45-26(20(7)8)29(38)35(23)13/h17-28H,16H2,1-15H3/t23?,24?,25?,26-,27-,28-/m0/s1. The first kappa shape index (κ1) is 40.8. The van der Waals surface area contributed by atoms with Crippen molar-refractivity contribution in [2.75, 3.05) is 21.1 Å². The molecule has 0 aromatic heterocycles. The molecule has 0 bridgehead atoms. The molecule has 0 aromatic carbocycles. The Morgan fingerprint density at radius 1 is 0.457 bits per heavy atom. The summed E-state index contributed by atoms with van der Waals surface area (Å²) in [6.45, 7) is 21.0. The minimum atomic E-state index is -1.28. The number of carbonyl (C=O) groups is 6. The average molecular weight is 654 g/mol. The van der Waals surface area contributed by atoms with Gasteiger partial charge in [-0.1, -0.05) is 83.1 Å². The molecule has 1 aliphatic heterocycles. The van der Waals surface area contributed by atoms with Crippen LogP contribution in [0.25, 0.3) is 0 Å². The number of hydrogen-bond donors (Lipinski definition) is 0. The Morgan fingerprint density at radius 3 is 1.00 bits per heavy atom. The zero-order valence-electron chi connectivity index (χ0n) is 30.7. The molecule has 1 heterocycles. The second kappa shape index (κ2) is 17.1. The first-order valence-corrected chi connectivity index (χ1v) is 16.5. The summed E-state index contributed by atoms with van der Waals surface area (Å²) in [5, 5.41) is 0. The van der Waals surface area contributed by atoms with Crippen LogP contribution in [0, 0.1) is 35.5 Å². The molecule has 0 radical (unpaired) electrons. The fraction of sp³-hybridized carbons (Fsp3) is 0.824. The Kier molecular flexibility index (Phi) is 15.2. The number of ether oxygens (including phenoxy) is 3. The Balaban J connectivity index is 3.94. The highest BCUT2D eigenvalue weighted by molar-refractivity contribution is 5.94. The third kappa shape index (κ3) is 9.91. The normalized spacial score (nSPS) is 27.2. The smallest absolute Gasteiger partial charge is 0.329 e. The maximum Gasteiger partial charge on any atom is 0.329 e. The van der Waals surface area contributed by atoms with Crippen molar-refractivity contribution in [1.29, 1.82) is 0 Å². The maximum absolute atomic E-state index is 13.9. The predicted octanol–water partition coefficient (Wildman–Crippen LogP) is 3.54. The van der Waals surface area contributed by atoms with Crippen LogP contribution in [0.5, 0.6) is 0 Å². The fourth-order valence-electron chi connectivity index (χ4n) is 5.65. The molecule has 1 rings (SSSR count). The first-order chi connectivity index (χ1) is 21.1. The van der Waals surface area contributed by atoms with Crippen LogP contribution in [0.3, 0.4) is 0 Å². The second-order valence-electron chi connectivity index (χ2n) is 14.7. The molecule has 0 aromatic rings. The third-order valence-corrected chi connectivity index (χ3v) is 8.33. The molecule has 0 saturated carbocycles. The van der Waals surface area contributed by atoms with Gasteiger partial charge in [-0.3, -0.25) is 14.4 Å². The summed E-state index contributed by atoms with van der Waals surface area (Å²) in [4.78, 5) is 86.6. The molecular weight excluding hydrogens is 594 g/mol. The van der Waals surface area contributed by atoms with Gasteiger partial charge >= 0.3 is 17.9 Å². The van der Waals surface area contributed by atoms with Crippen LogP contribution in [-0.4, -0.2) is 108 Å². The molecular formula is C34H59N3O9. The topological polar surface area (TPSA) is 140 Å². The van der Waals surface area contributed by atoms with Crippen LogP contribution in [0.15, 0.2) is 0 Å². The van der Waals surface area contributed by atoms with E-state index in [-0.39, 0.29) is 12.3 Å². The number of carbonyl (C=O) groups excluding carboxylic acids is 6. The maximum atomic E-state index is 13.9. The Bertz CT molecular complexity index is 1090. The summed E-state index contributed by atoms with van der Waals surface area (Å²) < 4.78 is 17.5. The summed E-state index contributed by atoms with van der Waals surface area (Å²) in [5.74, 6) is -6.57. The molecule has 1 fully saturated rings. The largest absolute Gasteiger partial charge is 0.450 e. The van der Waals surface area contributed by atoms with Gasteiger partial charge in [0.1, 0.15) is 18.1 Å². The molecule has 264 valence electrons. The molecule has 0 aliphatic carbocycles. The van der Waals surface area contributed by atoms with Gasteiger partial charge < -0.3 is 28.9 Å². The number of likely N-dealkylation sites (N-methyl/N-ethyl adjacent to an activating group) is 3. The van der Waals surface area contributed by atoms with E-state index >= 15 is 0 Å². The molecule has 1 aliphatic rings. The number of hydrogen-bond acceptors (Lipinski definition) is 9. The highest BCUT2D eigenvalue weighted by Gasteiger charge is 2.44. The number of amides is 3. The van der Waals surface area contributed by atoms with Gasteiger partial charge in [0.2, 0.25) is 0 Å².